The van der Waals surface area contributed by atoms with Gasteiger partial charge in [-0.05, 0) is 53.9 Å². The fraction of sp³-hybridized carbons (Fsp3) is 0.261. The van der Waals surface area contributed by atoms with E-state index >= 15 is 0 Å². The summed E-state index contributed by atoms with van der Waals surface area (Å²) in [5, 5.41) is 5.50. The van der Waals surface area contributed by atoms with Crippen molar-refractivity contribution in [2.24, 2.45) is 0 Å². The van der Waals surface area contributed by atoms with E-state index in [4.69, 9.17) is 0 Å². The third kappa shape index (κ3) is 4.93. The SMILES string of the molecule is Cc1ccccc1CCNC(=O)CN(C)Cc1ccc2ccccc2c1. The first kappa shape index (κ1) is 18.2. The Kier molecular flexibility index (Phi) is 6.03. The number of hydrogen-bond acceptors (Lipinski definition) is 2. The van der Waals surface area contributed by atoms with Crippen molar-refractivity contribution in [3.63, 3.8) is 0 Å². The molecule has 0 aliphatic heterocycles. The van der Waals surface area contributed by atoms with Crippen LogP contribution in [0.5, 0.6) is 0 Å². The van der Waals surface area contributed by atoms with Gasteiger partial charge in [-0.2, -0.15) is 0 Å². The molecule has 0 unspecified atom stereocenters. The largest absolute Gasteiger partial charge is 0.355 e. The number of hydrogen-bond donors (Lipinski definition) is 1. The lowest BCUT2D eigenvalue weighted by Gasteiger charge is -2.17. The van der Waals surface area contributed by atoms with Crippen LogP contribution < -0.4 is 5.32 Å². The van der Waals surface area contributed by atoms with Gasteiger partial charge in [-0.3, -0.25) is 9.69 Å². The minimum absolute atomic E-state index is 0.0712. The third-order valence-corrected chi connectivity index (χ3v) is 4.66. The van der Waals surface area contributed by atoms with Crippen molar-refractivity contribution < 1.29 is 4.79 Å². The quantitative estimate of drug-likeness (QED) is 0.703. The van der Waals surface area contributed by atoms with Crippen LogP contribution in [0.25, 0.3) is 10.8 Å². The molecular weight excluding hydrogens is 320 g/mol. The normalized spacial score (nSPS) is 11.0. The van der Waals surface area contributed by atoms with Crippen LogP contribution in [0.1, 0.15) is 16.7 Å². The predicted molar refractivity (Wildman–Crippen MR) is 108 cm³/mol. The van der Waals surface area contributed by atoms with Crippen LogP contribution in [0.2, 0.25) is 0 Å². The zero-order valence-corrected chi connectivity index (χ0v) is 15.5. The molecule has 1 amide bonds. The lowest BCUT2D eigenvalue weighted by molar-refractivity contribution is -0.122. The van der Waals surface area contributed by atoms with Gasteiger partial charge in [-0.1, -0.05) is 60.7 Å². The predicted octanol–water partition coefficient (Wildman–Crippen LogP) is 3.94. The summed E-state index contributed by atoms with van der Waals surface area (Å²) < 4.78 is 0. The first-order chi connectivity index (χ1) is 12.6. The van der Waals surface area contributed by atoms with E-state index in [2.05, 4.69) is 66.8 Å². The molecule has 0 fully saturated rings. The summed E-state index contributed by atoms with van der Waals surface area (Å²) in [5.41, 5.74) is 3.78. The summed E-state index contributed by atoms with van der Waals surface area (Å²) in [5.74, 6) is 0.0712. The minimum Gasteiger partial charge on any atom is -0.355 e. The Morgan fingerprint density at radius 3 is 2.50 bits per heavy atom. The second-order valence-corrected chi connectivity index (χ2v) is 6.88. The van der Waals surface area contributed by atoms with Gasteiger partial charge in [-0.25, -0.2) is 0 Å². The van der Waals surface area contributed by atoms with E-state index in [9.17, 15) is 4.79 Å². The molecule has 0 heterocycles. The topological polar surface area (TPSA) is 32.3 Å². The average Bonchev–Trinajstić information content (AvgIpc) is 2.63. The molecular formula is C23H26N2O. The number of nitrogens with one attached hydrogen (secondary N) is 1. The number of likely N-dealkylation sites (N-methyl/N-ethyl adjacent to an activating group) is 1. The van der Waals surface area contributed by atoms with Gasteiger partial charge in [0.15, 0.2) is 0 Å². The maximum atomic E-state index is 12.2. The second-order valence-electron chi connectivity index (χ2n) is 6.88. The van der Waals surface area contributed by atoms with Gasteiger partial charge >= 0.3 is 0 Å². The highest BCUT2D eigenvalue weighted by Gasteiger charge is 2.07. The maximum absolute atomic E-state index is 12.2. The number of carbonyl (C=O) groups excluding carboxylic acids is 1. The number of benzene rings is 3. The first-order valence-electron chi connectivity index (χ1n) is 9.09. The summed E-state index contributed by atoms with van der Waals surface area (Å²) in [6.45, 7) is 3.94. The summed E-state index contributed by atoms with van der Waals surface area (Å²) >= 11 is 0. The summed E-state index contributed by atoms with van der Waals surface area (Å²) in [4.78, 5) is 14.2. The van der Waals surface area contributed by atoms with Gasteiger partial charge in [0, 0.05) is 13.1 Å². The van der Waals surface area contributed by atoms with E-state index < -0.39 is 0 Å². The number of nitrogens with zero attached hydrogens (tertiary/aromatic N) is 1. The van der Waals surface area contributed by atoms with E-state index in [0.717, 1.165) is 13.0 Å². The van der Waals surface area contributed by atoms with Crippen LogP contribution in [0.3, 0.4) is 0 Å². The second kappa shape index (κ2) is 8.63. The Labute approximate surface area is 155 Å². The lowest BCUT2D eigenvalue weighted by Crippen LogP contribution is -2.35. The van der Waals surface area contributed by atoms with E-state index in [1.165, 1.54) is 27.5 Å². The molecule has 0 saturated heterocycles. The number of aryl methyl sites for hydroxylation is 1. The van der Waals surface area contributed by atoms with E-state index in [-0.39, 0.29) is 5.91 Å². The highest BCUT2D eigenvalue weighted by Crippen LogP contribution is 2.16. The number of amides is 1. The van der Waals surface area contributed by atoms with Gasteiger partial charge in [0.05, 0.1) is 6.54 Å². The Balaban J connectivity index is 1.47. The third-order valence-electron chi connectivity index (χ3n) is 4.66. The molecule has 1 N–H and O–H groups in total. The number of carbonyl (C=O) groups is 1. The van der Waals surface area contributed by atoms with Gasteiger partial charge in [0.25, 0.3) is 0 Å². The molecule has 0 spiro atoms. The standard InChI is InChI=1S/C23H26N2O/c1-18-7-3-4-8-20(18)13-14-24-23(26)17-25(2)16-19-11-12-21-9-5-6-10-22(21)15-19/h3-12,15H,13-14,16-17H2,1-2H3,(H,24,26). The fourth-order valence-electron chi connectivity index (χ4n) is 3.23. The molecule has 0 saturated carbocycles. The highest BCUT2D eigenvalue weighted by atomic mass is 16.2. The molecule has 134 valence electrons. The van der Waals surface area contributed by atoms with Crippen LogP contribution in [-0.4, -0.2) is 30.9 Å². The van der Waals surface area contributed by atoms with Crippen LogP contribution >= 0.6 is 0 Å². The van der Waals surface area contributed by atoms with E-state index in [1.54, 1.807) is 0 Å². The van der Waals surface area contributed by atoms with Gasteiger partial charge < -0.3 is 5.32 Å². The van der Waals surface area contributed by atoms with Crippen LogP contribution in [0.4, 0.5) is 0 Å². The lowest BCUT2D eigenvalue weighted by atomic mass is 10.1. The minimum atomic E-state index is 0.0712. The maximum Gasteiger partial charge on any atom is 0.234 e. The molecule has 3 aromatic carbocycles. The van der Waals surface area contributed by atoms with Crippen molar-refractivity contribution in [2.45, 2.75) is 19.9 Å². The van der Waals surface area contributed by atoms with Crippen molar-refractivity contribution in [2.75, 3.05) is 20.1 Å². The molecule has 3 rings (SSSR count). The molecule has 0 bridgehead atoms. The molecule has 0 radical (unpaired) electrons. The van der Waals surface area contributed by atoms with Crippen molar-refractivity contribution in [1.82, 2.24) is 10.2 Å². The molecule has 3 aromatic rings. The Bertz CT molecular complexity index is 888. The molecule has 3 heteroatoms. The van der Waals surface area contributed by atoms with E-state index in [1.807, 2.05) is 24.1 Å². The van der Waals surface area contributed by atoms with Crippen LogP contribution in [0.15, 0.2) is 66.7 Å². The van der Waals surface area contributed by atoms with Crippen molar-refractivity contribution in [1.29, 1.82) is 0 Å². The molecule has 0 aromatic heterocycles. The highest BCUT2D eigenvalue weighted by molar-refractivity contribution is 5.83. The fourth-order valence-corrected chi connectivity index (χ4v) is 3.23. The smallest absolute Gasteiger partial charge is 0.234 e. The number of rotatable bonds is 7. The van der Waals surface area contributed by atoms with Crippen LogP contribution in [0, 0.1) is 6.92 Å². The molecule has 0 aliphatic carbocycles. The van der Waals surface area contributed by atoms with Gasteiger partial charge in [0.2, 0.25) is 5.91 Å². The Morgan fingerprint density at radius 2 is 1.69 bits per heavy atom. The Hall–Kier alpha value is -2.65. The first-order valence-corrected chi connectivity index (χ1v) is 9.09. The molecule has 3 nitrogen and oxygen atoms in total. The van der Waals surface area contributed by atoms with Crippen molar-refractivity contribution in [3.05, 3.63) is 83.4 Å². The van der Waals surface area contributed by atoms with Gasteiger partial charge in [-0.15, -0.1) is 0 Å². The van der Waals surface area contributed by atoms with Crippen molar-refractivity contribution in [3.8, 4) is 0 Å². The summed E-state index contributed by atoms with van der Waals surface area (Å²) in [6, 6.07) is 23.1. The zero-order valence-electron chi connectivity index (χ0n) is 15.5. The zero-order chi connectivity index (χ0) is 18.4. The Morgan fingerprint density at radius 1 is 0.962 bits per heavy atom. The average molecular weight is 346 g/mol. The van der Waals surface area contributed by atoms with Crippen molar-refractivity contribution >= 4 is 16.7 Å². The summed E-state index contributed by atoms with van der Waals surface area (Å²) in [7, 11) is 1.98. The van der Waals surface area contributed by atoms with Crippen LogP contribution in [-0.2, 0) is 17.8 Å². The molecule has 0 atom stereocenters. The monoisotopic (exact) mass is 346 g/mol. The van der Waals surface area contributed by atoms with Gasteiger partial charge in [0.1, 0.15) is 0 Å². The molecule has 26 heavy (non-hydrogen) atoms. The van der Waals surface area contributed by atoms with E-state index in [0.29, 0.717) is 13.1 Å². The summed E-state index contributed by atoms with van der Waals surface area (Å²) in [6.07, 6.45) is 0.868. The molecule has 0 aliphatic rings. The number of fused-ring (bicyclic) bond motifs is 1.